The van der Waals surface area contributed by atoms with Gasteiger partial charge >= 0.3 is 0 Å². The van der Waals surface area contributed by atoms with Gasteiger partial charge in [0, 0.05) is 12.6 Å². The number of rotatable bonds is 12. The fourth-order valence-corrected chi connectivity index (χ4v) is 5.84. The van der Waals surface area contributed by atoms with Gasteiger partial charge in [-0.1, -0.05) is 68.3 Å². The van der Waals surface area contributed by atoms with Crippen LogP contribution in [0.3, 0.4) is 0 Å². The van der Waals surface area contributed by atoms with E-state index < -0.39 is 28.5 Å². The fraction of sp³-hybridized carbons (Fsp3) is 0.355. The molecule has 9 heteroatoms. The van der Waals surface area contributed by atoms with E-state index >= 15 is 0 Å². The van der Waals surface area contributed by atoms with Gasteiger partial charge in [-0.05, 0) is 61.2 Å². The first-order valence-corrected chi connectivity index (χ1v) is 15.5. The highest BCUT2D eigenvalue weighted by molar-refractivity contribution is 7.92. The fourth-order valence-electron chi connectivity index (χ4n) is 4.99. The molecule has 40 heavy (non-hydrogen) atoms. The molecule has 1 saturated carbocycles. The molecule has 1 aliphatic carbocycles. The molecule has 0 unspecified atom stereocenters. The average molecular weight is 564 g/mol. The first-order chi connectivity index (χ1) is 19.2. The maximum Gasteiger partial charge on any atom is 0.244 e. The molecule has 4 rings (SSSR count). The van der Waals surface area contributed by atoms with Gasteiger partial charge in [0.15, 0.2) is 0 Å². The number of anilines is 1. The van der Waals surface area contributed by atoms with Gasteiger partial charge < -0.3 is 15.0 Å². The van der Waals surface area contributed by atoms with Gasteiger partial charge in [-0.15, -0.1) is 0 Å². The Bertz CT molecular complexity index is 1360. The van der Waals surface area contributed by atoms with Crippen molar-refractivity contribution in [3.63, 3.8) is 0 Å². The Labute approximate surface area is 237 Å². The van der Waals surface area contributed by atoms with Crippen LogP contribution in [0.4, 0.5) is 5.69 Å². The summed E-state index contributed by atoms with van der Waals surface area (Å²) >= 11 is 0. The molecular weight excluding hydrogens is 526 g/mol. The van der Waals surface area contributed by atoms with Crippen molar-refractivity contribution in [2.75, 3.05) is 17.1 Å². The lowest BCUT2D eigenvalue weighted by Gasteiger charge is -2.33. The van der Waals surface area contributed by atoms with Crippen molar-refractivity contribution in [2.24, 2.45) is 0 Å². The second kappa shape index (κ2) is 13.5. The molecule has 0 aromatic heterocycles. The van der Waals surface area contributed by atoms with Crippen LogP contribution >= 0.6 is 0 Å². The third-order valence-corrected chi connectivity index (χ3v) is 8.21. The number of ether oxygens (including phenoxy) is 1. The molecule has 0 radical (unpaired) electrons. The molecule has 212 valence electrons. The van der Waals surface area contributed by atoms with Gasteiger partial charge in [0.2, 0.25) is 21.8 Å². The van der Waals surface area contributed by atoms with Crippen molar-refractivity contribution >= 4 is 27.5 Å². The van der Waals surface area contributed by atoms with Crippen molar-refractivity contribution in [1.29, 1.82) is 0 Å². The number of para-hydroxylation sites is 1. The lowest BCUT2D eigenvalue weighted by atomic mass is 10.1. The molecule has 3 aromatic rings. The first kappa shape index (κ1) is 29.1. The predicted octanol–water partition coefficient (Wildman–Crippen LogP) is 5.11. The number of amides is 2. The summed E-state index contributed by atoms with van der Waals surface area (Å²) in [7, 11) is -3.82. The van der Waals surface area contributed by atoms with Crippen molar-refractivity contribution in [3.8, 4) is 11.5 Å². The standard InChI is InChI=1S/C31H37N3O5S/c1-3-29(31(36)32-25-14-10-11-15-25)33(22-24-12-6-4-7-13-24)30(35)23-34(40(2,37)38)26-18-20-28(21-19-26)39-27-16-8-5-9-17-27/h4-9,12-13,16-21,25,29H,3,10-11,14-15,22-23H2,1-2H3,(H,32,36)/t29-/m0/s1. The number of carbonyl (C=O) groups is 2. The second-order valence-electron chi connectivity index (χ2n) is 10.1. The van der Waals surface area contributed by atoms with E-state index in [2.05, 4.69) is 5.32 Å². The maximum atomic E-state index is 13.8. The van der Waals surface area contributed by atoms with Crippen molar-refractivity contribution in [3.05, 3.63) is 90.5 Å². The second-order valence-corrected chi connectivity index (χ2v) is 12.0. The largest absolute Gasteiger partial charge is 0.457 e. The van der Waals surface area contributed by atoms with Crippen LogP contribution in [0.5, 0.6) is 11.5 Å². The normalized spacial score (nSPS) is 14.3. The van der Waals surface area contributed by atoms with Crippen LogP contribution in [-0.4, -0.2) is 50.0 Å². The lowest BCUT2D eigenvalue weighted by molar-refractivity contribution is -0.140. The summed E-state index contributed by atoms with van der Waals surface area (Å²) in [6.45, 7) is 1.62. The maximum absolute atomic E-state index is 13.8. The first-order valence-electron chi connectivity index (χ1n) is 13.7. The summed E-state index contributed by atoms with van der Waals surface area (Å²) in [5, 5.41) is 3.11. The number of sulfonamides is 1. The number of nitrogens with zero attached hydrogens (tertiary/aromatic N) is 2. The van der Waals surface area contributed by atoms with Gasteiger partial charge in [0.05, 0.1) is 11.9 Å². The van der Waals surface area contributed by atoms with E-state index in [1.807, 2.05) is 67.6 Å². The van der Waals surface area contributed by atoms with Gasteiger partial charge in [0.1, 0.15) is 24.1 Å². The molecule has 0 saturated heterocycles. The van der Waals surface area contributed by atoms with E-state index in [9.17, 15) is 18.0 Å². The highest BCUT2D eigenvalue weighted by Gasteiger charge is 2.33. The molecule has 8 nitrogen and oxygen atoms in total. The highest BCUT2D eigenvalue weighted by Crippen LogP contribution is 2.26. The zero-order valence-electron chi connectivity index (χ0n) is 23.0. The van der Waals surface area contributed by atoms with Crippen LogP contribution in [0, 0.1) is 0 Å². The van der Waals surface area contributed by atoms with Gasteiger partial charge in [-0.2, -0.15) is 0 Å². The Hall–Kier alpha value is -3.85. The third kappa shape index (κ3) is 7.85. The minimum absolute atomic E-state index is 0.111. The average Bonchev–Trinajstić information content (AvgIpc) is 3.45. The monoisotopic (exact) mass is 563 g/mol. The van der Waals surface area contributed by atoms with E-state index in [1.54, 1.807) is 24.3 Å². The van der Waals surface area contributed by atoms with E-state index in [0.717, 1.165) is 41.8 Å². The van der Waals surface area contributed by atoms with Crippen LogP contribution in [0.1, 0.15) is 44.6 Å². The number of hydrogen-bond acceptors (Lipinski definition) is 5. The molecule has 1 aliphatic rings. The Morgan fingerprint density at radius 2 is 1.48 bits per heavy atom. The van der Waals surface area contributed by atoms with Crippen LogP contribution in [0.2, 0.25) is 0 Å². The summed E-state index contributed by atoms with van der Waals surface area (Å²) in [5.41, 5.74) is 1.19. The third-order valence-electron chi connectivity index (χ3n) is 7.07. The van der Waals surface area contributed by atoms with Gasteiger partial charge in [-0.3, -0.25) is 13.9 Å². The van der Waals surface area contributed by atoms with Crippen molar-refractivity contribution in [1.82, 2.24) is 10.2 Å². The molecule has 1 N–H and O–H groups in total. The minimum Gasteiger partial charge on any atom is -0.457 e. The summed E-state index contributed by atoms with van der Waals surface area (Å²) in [5.74, 6) is 0.540. The van der Waals surface area contributed by atoms with Crippen molar-refractivity contribution < 1.29 is 22.7 Å². The van der Waals surface area contributed by atoms with E-state index in [-0.39, 0.29) is 18.5 Å². The lowest BCUT2D eigenvalue weighted by Crippen LogP contribution is -2.53. The quantitative estimate of drug-likeness (QED) is 0.330. The van der Waals surface area contributed by atoms with E-state index in [0.29, 0.717) is 23.6 Å². The number of hydrogen-bond donors (Lipinski definition) is 1. The molecule has 0 aliphatic heterocycles. The zero-order valence-corrected chi connectivity index (χ0v) is 23.8. The van der Waals surface area contributed by atoms with E-state index in [4.69, 9.17) is 4.74 Å². The molecule has 3 aromatic carbocycles. The van der Waals surface area contributed by atoms with Crippen molar-refractivity contribution in [2.45, 2.75) is 57.7 Å². The Morgan fingerprint density at radius 3 is 2.05 bits per heavy atom. The molecule has 0 bridgehead atoms. The topological polar surface area (TPSA) is 96.0 Å². The van der Waals surface area contributed by atoms with Crippen LogP contribution in [0.25, 0.3) is 0 Å². The molecule has 0 heterocycles. The Kier molecular flexibility index (Phi) is 9.82. The SMILES string of the molecule is CC[C@@H](C(=O)NC1CCCC1)N(Cc1ccccc1)C(=O)CN(c1ccc(Oc2ccccc2)cc1)S(C)(=O)=O. The van der Waals surface area contributed by atoms with E-state index in [1.165, 1.54) is 4.90 Å². The molecule has 0 spiro atoms. The molecule has 1 atom stereocenters. The number of nitrogens with one attached hydrogen (secondary N) is 1. The summed E-state index contributed by atoms with van der Waals surface area (Å²) in [6.07, 6.45) is 5.49. The van der Waals surface area contributed by atoms with Crippen LogP contribution in [0.15, 0.2) is 84.9 Å². The number of carbonyl (C=O) groups excluding carboxylic acids is 2. The summed E-state index contributed by atoms with van der Waals surface area (Å²) in [4.78, 5) is 28.7. The smallest absolute Gasteiger partial charge is 0.244 e. The molecular formula is C31H37N3O5S. The summed E-state index contributed by atoms with van der Waals surface area (Å²) in [6, 6.07) is 24.6. The highest BCUT2D eigenvalue weighted by atomic mass is 32.2. The van der Waals surface area contributed by atoms with Crippen LogP contribution < -0.4 is 14.4 Å². The Balaban J connectivity index is 1.56. The molecule has 2 amide bonds. The summed E-state index contributed by atoms with van der Waals surface area (Å²) < 4.78 is 32.6. The molecule has 1 fully saturated rings. The predicted molar refractivity (Wildman–Crippen MR) is 157 cm³/mol. The van der Waals surface area contributed by atoms with Crippen LogP contribution in [-0.2, 0) is 26.2 Å². The minimum atomic E-state index is -3.82. The zero-order chi connectivity index (χ0) is 28.5. The van der Waals surface area contributed by atoms with Gasteiger partial charge in [-0.25, -0.2) is 8.42 Å². The number of benzene rings is 3. The van der Waals surface area contributed by atoms with Gasteiger partial charge in [0.25, 0.3) is 0 Å². The Morgan fingerprint density at radius 1 is 0.900 bits per heavy atom.